The van der Waals surface area contributed by atoms with E-state index in [1.54, 1.807) is 6.20 Å². The van der Waals surface area contributed by atoms with Gasteiger partial charge in [-0.15, -0.1) is 0 Å². The third-order valence-electron chi connectivity index (χ3n) is 2.28. The largest absolute Gasteiger partial charge is 0.369 e. The monoisotopic (exact) mass is 208 g/mol. The smallest absolute Gasteiger partial charge is 0.144 e. The summed E-state index contributed by atoms with van der Waals surface area (Å²) in [6.07, 6.45) is 2.89. The predicted molar refractivity (Wildman–Crippen MR) is 63.2 cm³/mol. The normalized spacial score (nSPS) is 10.3. The third kappa shape index (κ3) is 4.25. The van der Waals surface area contributed by atoms with E-state index in [-0.39, 0.29) is 0 Å². The van der Waals surface area contributed by atoms with E-state index < -0.39 is 0 Å². The van der Waals surface area contributed by atoms with Crippen LogP contribution in [0.15, 0.2) is 6.20 Å². The molecule has 0 aromatic carbocycles. The molecule has 0 aliphatic heterocycles. The van der Waals surface area contributed by atoms with Crippen molar-refractivity contribution in [2.24, 2.45) is 0 Å². The van der Waals surface area contributed by atoms with Gasteiger partial charge in [-0.1, -0.05) is 6.92 Å². The number of rotatable bonds is 6. The summed E-state index contributed by atoms with van der Waals surface area (Å²) in [5.74, 6) is 0.870. The SMILES string of the molecule is CCNCCCNc1cnc(C)c(C)n1. The van der Waals surface area contributed by atoms with Crippen molar-refractivity contribution < 1.29 is 0 Å². The second kappa shape index (κ2) is 6.35. The second-order valence-corrected chi connectivity index (χ2v) is 3.56. The molecule has 0 unspecified atom stereocenters. The number of hydrogen-bond donors (Lipinski definition) is 2. The Morgan fingerprint density at radius 1 is 1.20 bits per heavy atom. The number of nitrogens with one attached hydrogen (secondary N) is 2. The van der Waals surface area contributed by atoms with Gasteiger partial charge >= 0.3 is 0 Å². The van der Waals surface area contributed by atoms with Crippen LogP contribution < -0.4 is 10.6 Å². The lowest BCUT2D eigenvalue weighted by atomic mass is 10.3. The molecule has 0 radical (unpaired) electrons. The number of aromatic nitrogens is 2. The molecule has 2 N–H and O–H groups in total. The van der Waals surface area contributed by atoms with E-state index in [1.165, 1.54) is 0 Å². The van der Waals surface area contributed by atoms with E-state index >= 15 is 0 Å². The average molecular weight is 208 g/mol. The fraction of sp³-hybridized carbons (Fsp3) is 0.636. The molecule has 1 aromatic heterocycles. The zero-order valence-corrected chi connectivity index (χ0v) is 9.80. The molecule has 0 aliphatic rings. The van der Waals surface area contributed by atoms with Crippen molar-refractivity contribution in [1.29, 1.82) is 0 Å². The molecule has 0 saturated heterocycles. The highest BCUT2D eigenvalue weighted by Crippen LogP contribution is 2.04. The molecule has 0 saturated carbocycles. The molecule has 4 nitrogen and oxygen atoms in total. The van der Waals surface area contributed by atoms with Gasteiger partial charge in [0.2, 0.25) is 0 Å². The molecule has 0 spiro atoms. The van der Waals surface area contributed by atoms with Crippen LogP contribution in [-0.4, -0.2) is 29.6 Å². The van der Waals surface area contributed by atoms with Gasteiger partial charge in [0.1, 0.15) is 5.82 Å². The van der Waals surface area contributed by atoms with Gasteiger partial charge in [0.05, 0.1) is 17.6 Å². The Balaban J connectivity index is 2.28. The van der Waals surface area contributed by atoms with Crippen LogP contribution in [0.3, 0.4) is 0 Å². The maximum absolute atomic E-state index is 4.40. The molecule has 0 bridgehead atoms. The highest BCUT2D eigenvalue weighted by Gasteiger charge is 1.97. The molecule has 1 aromatic rings. The van der Waals surface area contributed by atoms with Gasteiger partial charge in [0.15, 0.2) is 0 Å². The summed E-state index contributed by atoms with van der Waals surface area (Å²) in [6.45, 7) is 9.07. The molecular formula is C11H20N4. The van der Waals surface area contributed by atoms with E-state index in [0.29, 0.717) is 0 Å². The summed E-state index contributed by atoms with van der Waals surface area (Å²) < 4.78 is 0. The first-order valence-electron chi connectivity index (χ1n) is 5.49. The zero-order valence-electron chi connectivity index (χ0n) is 9.80. The molecular weight excluding hydrogens is 188 g/mol. The summed E-state index contributed by atoms with van der Waals surface area (Å²) in [5, 5.41) is 6.54. The van der Waals surface area contributed by atoms with Crippen molar-refractivity contribution in [1.82, 2.24) is 15.3 Å². The number of aryl methyl sites for hydroxylation is 2. The van der Waals surface area contributed by atoms with Crippen molar-refractivity contribution in [3.8, 4) is 0 Å². The minimum absolute atomic E-state index is 0.870. The Bertz CT molecular complexity index is 299. The summed E-state index contributed by atoms with van der Waals surface area (Å²) in [6, 6.07) is 0. The highest BCUT2D eigenvalue weighted by atomic mass is 15.0. The first-order chi connectivity index (χ1) is 7.24. The van der Waals surface area contributed by atoms with E-state index in [0.717, 1.165) is 43.3 Å². The van der Waals surface area contributed by atoms with Crippen LogP contribution in [0, 0.1) is 13.8 Å². The van der Waals surface area contributed by atoms with Crippen LogP contribution in [0.1, 0.15) is 24.7 Å². The van der Waals surface area contributed by atoms with Gasteiger partial charge in [0.25, 0.3) is 0 Å². The lowest BCUT2D eigenvalue weighted by Crippen LogP contribution is -2.17. The second-order valence-electron chi connectivity index (χ2n) is 3.56. The zero-order chi connectivity index (χ0) is 11.1. The highest BCUT2D eigenvalue weighted by molar-refractivity contribution is 5.32. The Morgan fingerprint density at radius 3 is 2.67 bits per heavy atom. The Labute approximate surface area is 91.5 Å². The van der Waals surface area contributed by atoms with Crippen molar-refractivity contribution in [2.75, 3.05) is 25.0 Å². The Kier molecular flexibility index (Phi) is 5.04. The van der Waals surface area contributed by atoms with Gasteiger partial charge in [-0.2, -0.15) is 0 Å². The fourth-order valence-electron chi connectivity index (χ4n) is 1.23. The summed E-state index contributed by atoms with van der Waals surface area (Å²) in [4.78, 5) is 8.65. The topological polar surface area (TPSA) is 49.8 Å². The van der Waals surface area contributed by atoms with Gasteiger partial charge in [0, 0.05) is 6.54 Å². The molecule has 0 fully saturated rings. The molecule has 1 heterocycles. The minimum Gasteiger partial charge on any atom is -0.369 e. The van der Waals surface area contributed by atoms with Crippen molar-refractivity contribution in [3.05, 3.63) is 17.6 Å². The quantitative estimate of drug-likeness (QED) is 0.696. The molecule has 1 rings (SSSR count). The molecule has 0 atom stereocenters. The van der Waals surface area contributed by atoms with Crippen LogP contribution in [0.25, 0.3) is 0 Å². The minimum atomic E-state index is 0.870. The maximum Gasteiger partial charge on any atom is 0.144 e. The summed E-state index contributed by atoms with van der Waals surface area (Å²) in [7, 11) is 0. The molecule has 84 valence electrons. The summed E-state index contributed by atoms with van der Waals surface area (Å²) >= 11 is 0. The van der Waals surface area contributed by atoms with Crippen LogP contribution >= 0.6 is 0 Å². The Hall–Kier alpha value is -1.16. The van der Waals surface area contributed by atoms with Crippen LogP contribution in [0.5, 0.6) is 0 Å². The van der Waals surface area contributed by atoms with E-state index in [1.807, 2.05) is 13.8 Å². The standard InChI is InChI=1S/C11H20N4/c1-4-12-6-5-7-13-11-8-14-9(2)10(3)15-11/h8,12H,4-7H2,1-3H3,(H,13,15). The van der Waals surface area contributed by atoms with E-state index in [2.05, 4.69) is 27.5 Å². The van der Waals surface area contributed by atoms with Gasteiger partial charge in [-0.25, -0.2) is 4.98 Å². The fourth-order valence-corrected chi connectivity index (χ4v) is 1.23. The Morgan fingerprint density at radius 2 is 2.00 bits per heavy atom. The van der Waals surface area contributed by atoms with Crippen LogP contribution in [0.4, 0.5) is 5.82 Å². The first kappa shape index (κ1) is 11.9. The lowest BCUT2D eigenvalue weighted by Gasteiger charge is -2.07. The molecule has 0 amide bonds. The van der Waals surface area contributed by atoms with Gasteiger partial charge in [-0.05, 0) is 33.4 Å². The van der Waals surface area contributed by atoms with Crippen molar-refractivity contribution in [2.45, 2.75) is 27.2 Å². The van der Waals surface area contributed by atoms with E-state index in [9.17, 15) is 0 Å². The van der Waals surface area contributed by atoms with E-state index in [4.69, 9.17) is 0 Å². The van der Waals surface area contributed by atoms with Gasteiger partial charge in [-0.3, -0.25) is 4.98 Å². The van der Waals surface area contributed by atoms with Crippen molar-refractivity contribution in [3.63, 3.8) is 0 Å². The summed E-state index contributed by atoms with van der Waals surface area (Å²) in [5.41, 5.74) is 1.99. The lowest BCUT2D eigenvalue weighted by molar-refractivity contribution is 0.688. The van der Waals surface area contributed by atoms with Crippen LogP contribution in [-0.2, 0) is 0 Å². The molecule has 15 heavy (non-hydrogen) atoms. The number of hydrogen-bond acceptors (Lipinski definition) is 4. The molecule has 0 aliphatic carbocycles. The average Bonchev–Trinajstić information content (AvgIpc) is 2.23. The molecule has 4 heteroatoms. The van der Waals surface area contributed by atoms with Crippen molar-refractivity contribution >= 4 is 5.82 Å². The van der Waals surface area contributed by atoms with Crippen LogP contribution in [0.2, 0.25) is 0 Å². The third-order valence-corrected chi connectivity index (χ3v) is 2.28. The maximum atomic E-state index is 4.40. The first-order valence-corrected chi connectivity index (χ1v) is 5.49. The van der Waals surface area contributed by atoms with Gasteiger partial charge < -0.3 is 10.6 Å². The predicted octanol–water partition coefficient (Wildman–Crippen LogP) is 1.50. The number of anilines is 1. The number of nitrogens with zero attached hydrogens (tertiary/aromatic N) is 2.